The second-order valence-corrected chi connectivity index (χ2v) is 12.2. The number of benzene rings is 3. The van der Waals surface area contributed by atoms with Crippen molar-refractivity contribution in [2.45, 2.75) is 49.6 Å². The molecule has 0 fully saturated rings. The Labute approximate surface area is 234 Å². The van der Waals surface area contributed by atoms with E-state index in [1.165, 1.54) is 12.1 Å². The van der Waals surface area contributed by atoms with Crippen molar-refractivity contribution in [2.24, 2.45) is 7.05 Å². The molecule has 1 aromatic heterocycles. The number of anilines is 1. The number of rotatable bonds is 9. The summed E-state index contributed by atoms with van der Waals surface area (Å²) in [5, 5.41) is 0.361. The minimum Gasteiger partial charge on any atom is -0.337 e. The van der Waals surface area contributed by atoms with E-state index in [0.717, 1.165) is 34.6 Å². The lowest BCUT2D eigenvalue weighted by atomic mass is 9.97. The summed E-state index contributed by atoms with van der Waals surface area (Å²) in [4.78, 5) is 20.1. The molecule has 7 nitrogen and oxygen atoms in total. The molecule has 0 aliphatic heterocycles. The van der Waals surface area contributed by atoms with Crippen molar-refractivity contribution in [3.05, 3.63) is 113 Å². The Hall–Kier alpha value is -3.46. The number of nitrogens with one attached hydrogen (secondary N) is 1. The first-order valence-electron chi connectivity index (χ1n) is 12.9. The van der Waals surface area contributed by atoms with Gasteiger partial charge in [0.25, 0.3) is 0 Å². The van der Waals surface area contributed by atoms with E-state index in [0.29, 0.717) is 24.4 Å². The highest BCUT2D eigenvalue weighted by molar-refractivity contribution is 7.89. The fraction of sp³-hybridized carbons (Fsp3) is 0.267. The molecular weight excluding hydrogens is 532 g/mol. The molecule has 3 aromatic carbocycles. The van der Waals surface area contributed by atoms with Gasteiger partial charge in [-0.05, 0) is 65.8 Å². The van der Waals surface area contributed by atoms with E-state index in [1.807, 2.05) is 66.3 Å². The predicted molar refractivity (Wildman–Crippen MR) is 153 cm³/mol. The maximum Gasteiger partial charge on any atom is 0.241 e. The number of hydrogen-bond donors (Lipinski definition) is 1. The first-order chi connectivity index (χ1) is 18.7. The molecule has 4 aromatic rings. The van der Waals surface area contributed by atoms with Crippen LogP contribution < -0.4 is 9.62 Å². The lowest BCUT2D eigenvalue weighted by Gasteiger charge is -2.26. The third kappa shape index (κ3) is 6.08. The largest absolute Gasteiger partial charge is 0.337 e. The number of aromatic nitrogens is 2. The number of carbonyl (C=O) groups is 1. The predicted octanol–water partition coefficient (Wildman–Crippen LogP) is 5.77. The Balaban J connectivity index is 1.44. The van der Waals surface area contributed by atoms with Gasteiger partial charge in [0.1, 0.15) is 5.82 Å². The smallest absolute Gasteiger partial charge is 0.241 e. The van der Waals surface area contributed by atoms with Gasteiger partial charge in [-0.15, -0.1) is 0 Å². The Kier molecular flexibility index (Phi) is 7.88. The molecule has 39 heavy (non-hydrogen) atoms. The molecule has 1 aliphatic carbocycles. The van der Waals surface area contributed by atoms with E-state index in [4.69, 9.17) is 11.6 Å². The second kappa shape index (κ2) is 11.3. The molecule has 0 saturated carbocycles. The highest BCUT2D eigenvalue weighted by Gasteiger charge is 2.30. The van der Waals surface area contributed by atoms with E-state index >= 15 is 0 Å². The SMILES string of the molecule is C[C@@H](CC(=O)N(Cc1nccn1C)c1ccc2c(c1)[C@H](NS(=O)(=O)c1cccc(Cl)c1)CC2)c1ccccc1. The van der Waals surface area contributed by atoms with Crippen molar-refractivity contribution in [3.63, 3.8) is 0 Å². The summed E-state index contributed by atoms with van der Waals surface area (Å²) < 4.78 is 31.0. The summed E-state index contributed by atoms with van der Waals surface area (Å²) in [6, 6.07) is 21.7. The zero-order chi connectivity index (χ0) is 27.6. The Morgan fingerprint density at radius 2 is 1.92 bits per heavy atom. The first kappa shape index (κ1) is 27.1. The molecule has 5 rings (SSSR count). The van der Waals surface area contributed by atoms with Crippen molar-refractivity contribution >= 4 is 33.2 Å². The highest BCUT2D eigenvalue weighted by atomic mass is 35.5. The number of fused-ring (bicyclic) bond motifs is 1. The average Bonchev–Trinajstić information content (AvgIpc) is 3.52. The third-order valence-electron chi connectivity index (χ3n) is 7.29. The highest BCUT2D eigenvalue weighted by Crippen LogP contribution is 2.36. The minimum absolute atomic E-state index is 0.0247. The van der Waals surface area contributed by atoms with Crippen molar-refractivity contribution in [1.29, 1.82) is 0 Å². The molecule has 1 N–H and O–H groups in total. The van der Waals surface area contributed by atoms with Gasteiger partial charge in [-0.1, -0.05) is 61.0 Å². The monoisotopic (exact) mass is 562 g/mol. The molecule has 9 heteroatoms. The summed E-state index contributed by atoms with van der Waals surface area (Å²) in [7, 11) is -1.88. The molecule has 1 aliphatic rings. The second-order valence-electron chi connectivity index (χ2n) is 10.0. The van der Waals surface area contributed by atoms with Crippen molar-refractivity contribution in [1.82, 2.24) is 14.3 Å². The van der Waals surface area contributed by atoms with Gasteiger partial charge in [-0.2, -0.15) is 0 Å². The topological polar surface area (TPSA) is 84.3 Å². The van der Waals surface area contributed by atoms with Crippen molar-refractivity contribution in [2.75, 3.05) is 4.90 Å². The molecule has 2 atom stereocenters. The number of nitrogens with zero attached hydrogens (tertiary/aromatic N) is 3. The Bertz CT molecular complexity index is 1590. The van der Waals surface area contributed by atoms with Crippen LogP contribution in [0.15, 0.2) is 90.1 Å². The number of aryl methyl sites for hydroxylation is 2. The van der Waals surface area contributed by atoms with Gasteiger partial charge in [-0.3, -0.25) is 4.79 Å². The van der Waals surface area contributed by atoms with E-state index in [9.17, 15) is 13.2 Å². The molecule has 202 valence electrons. The van der Waals surface area contributed by atoms with Gasteiger partial charge in [0, 0.05) is 42.6 Å². The van der Waals surface area contributed by atoms with Gasteiger partial charge < -0.3 is 9.47 Å². The lowest BCUT2D eigenvalue weighted by molar-refractivity contribution is -0.119. The van der Waals surface area contributed by atoms with Crippen LogP contribution in [0.5, 0.6) is 0 Å². The third-order valence-corrected chi connectivity index (χ3v) is 9.00. The number of hydrogen-bond acceptors (Lipinski definition) is 4. The zero-order valence-electron chi connectivity index (χ0n) is 21.9. The van der Waals surface area contributed by atoms with Crippen LogP contribution in [0.3, 0.4) is 0 Å². The summed E-state index contributed by atoms with van der Waals surface area (Å²) in [6.07, 6.45) is 5.28. The van der Waals surface area contributed by atoms with Gasteiger partial charge in [0.05, 0.1) is 11.4 Å². The number of halogens is 1. The van der Waals surface area contributed by atoms with Crippen LogP contribution in [0.4, 0.5) is 5.69 Å². The van der Waals surface area contributed by atoms with E-state index in [1.54, 1.807) is 23.2 Å². The van der Waals surface area contributed by atoms with Crippen LogP contribution in [0.25, 0.3) is 0 Å². The van der Waals surface area contributed by atoms with Crippen molar-refractivity contribution in [3.8, 4) is 0 Å². The molecule has 0 unspecified atom stereocenters. The van der Waals surface area contributed by atoms with Crippen LogP contribution in [-0.4, -0.2) is 23.9 Å². The first-order valence-corrected chi connectivity index (χ1v) is 14.8. The lowest BCUT2D eigenvalue weighted by Crippen LogP contribution is -2.32. The Morgan fingerprint density at radius 3 is 2.64 bits per heavy atom. The molecule has 0 bridgehead atoms. The summed E-state index contributed by atoms with van der Waals surface area (Å²) in [5.74, 6) is 0.770. The Morgan fingerprint density at radius 1 is 1.13 bits per heavy atom. The summed E-state index contributed by atoms with van der Waals surface area (Å²) in [6.45, 7) is 2.36. The fourth-order valence-electron chi connectivity index (χ4n) is 5.05. The quantitative estimate of drug-likeness (QED) is 0.281. The fourth-order valence-corrected chi connectivity index (χ4v) is 6.61. The molecule has 0 radical (unpaired) electrons. The molecule has 1 heterocycles. The number of carbonyl (C=O) groups excluding carboxylic acids is 1. The van der Waals surface area contributed by atoms with Crippen LogP contribution in [0, 0.1) is 0 Å². The van der Waals surface area contributed by atoms with Crippen LogP contribution in [-0.2, 0) is 34.8 Å². The van der Waals surface area contributed by atoms with Gasteiger partial charge in [0.15, 0.2) is 0 Å². The standard InChI is InChI=1S/C30H31ClN4O3S/c1-21(22-7-4-3-5-8-22)17-30(36)35(20-29-32-15-16-34(29)2)25-13-11-23-12-14-28(27(23)19-25)33-39(37,38)26-10-6-9-24(31)18-26/h3-11,13,15-16,18-19,21,28,33H,12,14,17,20H2,1-2H3/t21-,28+/m0/s1. The van der Waals surface area contributed by atoms with Gasteiger partial charge in [0.2, 0.25) is 15.9 Å². The zero-order valence-corrected chi connectivity index (χ0v) is 23.5. The number of amides is 1. The molecular formula is C30H31ClN4O3S. The van der Waals surface area contributed by atoms with Crippen molar-refractivity contribution < 1.29 is 13.2 Å². The molecule has 1 amide bonds. The summed E-state index contributed by atoms with van der Waals surface area (Å²) in [5.41, 5.74) is 3.77. The molecule has 0 spiro atoms. The van der Waals surface area contributed by atoms with Crippen LogP contribution in [0.1, 0.15) is 54.2 Å². The van der Waals surface area contributed by atoms with E-state index < -0.39 is 16.1 Å². The molecule has 0 saturated heterocycles. The normalized spacial score (nSPS) is 15.6. The van der Waals surface area contributed by atoms with Crippen LogP contribution in [0.2, 0.25) is 5.02 Å². The van der Waals surface area contributed by atoms with Gasteiger partial charge >= 0.3 is 0 Å². The van der Waals surface area contributed by atoms with E-state index in [2.05, 4.69) is 16.6 Å². The van der Waals surface area contributed by atoms with E-state index in [-0.39, 0.29) is 16.7 Å². The van der Waals surface area contributed by atoms with Gasteiger partial charge in [-0.25, -0.2) is 18.1 Å². The minimum atomic E-state index is -3.78. The number of sulfonamides is 1. The number of imidazole rings is 1. The van der Waals surface area contributed by atoms with Crippen LogP contribution >= 0.6 is 11.6 Å². The maximum absolute atomic E-state index is 13.8. The summed E-state index contributed by atoms with van der Waals surface area (Å²) >= 11 is 6.04. The maximum atomic E-state index is 13.8. The average molecular weight is 563 g/mol.